The van der Waals surface area contributed by atoms with Crippen LogP contribution in [0.2, 0.25) is 0 Å². The summed E-state index contributed by atoms with van der Waals surface area (Å²) in [6, 6.07) is -1.48. The normalized spacial score (nSPS) is 20.6. The summed E-state index contributed by atoms with van der Waals surface area (Å²) in [6.07, 6.45) is 0.681. The van der Waals surface area contributed by atoms with Gasteiger partial charge >= 0.3 is 5.97 Å². The number of ether oxygens (including phenoxy) is 1. The molecule has 0 bridgehead atoms. The lowest BCUT2D eigenvalue weighted by molar-refractivity contribution is -0.139. The predicted octanol–water partition coefficient (Wildman–Crippen LogP) is -1.47. The number of aliphatic hydroxyl groups is 1. The molecule has 16 heavy (non-hydrogen) atoms. The van der Waals surface area contributed by atoms with E-state index in [0.29, 0.717) is 26.1 Å². The summed E-state index contributed by atoms with van der Waals surface area (Å²) >= 11 is 0. The summed E-state index contributed by atoms with van der Waals surface area (Å²) in [5.74, 6) is -1.39. The van der Waals surface area contributed by atoms with Crippen LogP contribution in [0.15, 0.2) is 0 Å². The number of carboxylic acids is 1. The first-order valence-electron chi connectivity index (χ1n) is 4.90. The molecule has 0 aliphatic carbocycles. The number of carbonyl (C=O) groups is 1. The van der Waals surface area contributed by atoms with Crippen molar-refractivity contribution in [3.8, 4) is 0 Å². The minimum Gasteiger partial charge on any atom is -0.480 e. The topological polar surface area (TPSA) is 113 Å². The molecule has 0 radical (unpaired) electrons. The number of sulfonamides is 1. The highest BCUT2D eigenvalue weighted by atomic mass is 32.2. The van der Waals surface area contributed by atoms with E-state index >= 15 is 0 Å². The second kappa shape index (κ2) is 5.58. The van der Waals surface area contributed by atoms with Gasteiger partial charge in [0.05, 0.1) is 11.9 Å². The molecule has 0 aromatic heterocycles. The standard InChI is InChI=1S/C8H15NO6S/c10-5-7(8(11)12)9-16(13,14)6-1-3-15-4-2-6/h6-7,9-10H,1-5H2,(H,11,12)/t7-/m0/s1. The van der Waals surface area contributed by atoms with Gasteiger partial charge < -0.3 is 14.9 Å². The molecule has 0 unspecified atom stereocenters. The molecule has 1 heterocycles. The first-order chi connectivity index (χ1) is 7.47. The van der Waals surface area contributed by atoms with Crippen molar-refractivity contribution in [1.82, 2.24) is 4.72 Å². The van der Waals surface area contributed by atoms with Crippen LogP contribution in [0.4, 0.5) is 0 Å². The number of rotatable bonds is 5. The fourth-order valence-electron chi connectivity index (χ4n) is 1.45. The molecular formula is C8H15NO6S. The Kier molecular flexibility index (Phi) is 4.66. The Morgan fingerprint density at radius 2 is 2.00 bits per heavy atom. The highest BCUT2D eigenvalue weighted by molar-refractivity contribution is 7.90. The Hall–Kier alpha value is -0.700. The lowest BCUT2D eigenvalue weighted by atomic mass is 10.2. The number of carboxylic acid groups (broad SMARTS) is 1. The Bertz CT molecular complexity index is 334. The third-order valence-corrected chi connectivity index (χ3v) is 4.36. The Morgan fingerprint density at radius 3 is 2.44 bits per heavy atom. The zero-order valence-electron chi connectivity index (χ0n) is 8.63. The van der Waals surface area contributed by atoms with Crippen molar-refractivity contribution in [2.75, 3.05) is 19.8 Å². The summed E-state index contributed by atoms with van der Waals surface area (Å²) in [6.45, 7) is -0.0668. The second-order valence-corrected chi connectivity index (χ2v) is 5.54. The predicted molar refractivity (Wildman–Crippen MR) is 54.4 cm³/mol. The van der Waals surface area contributed by atoms with Gasteiger partial charge in [0, 0.05) is 13.2 Å². The lowest BCUT2D eigenvalue weighted by Gasteiger charge is -2.23. The van der Waals surface area contributed by atoms with Gasteiger partial charge in [-0.15, -0.1) is 0 Å². The van der Waals surface area contributed by atoms with Gasteiger partial charge in [-0.2, -0.15) is 4.72 Å². The molecule has 1 rings (SSSR count). The van der Waals surface area contributed by atoms with Crippen molar-refractivity contribution >= 4 is 16.0 Å². The maximum absolute atomic E-state index is 11.7. The Balaban J connectivity index is 2.65. The van der Waals surface area contributed by atoms with Crippen LogP contribution in [-0.2, 0) is 19.6 Å². The van der Waals surface area contributed by atoms with E-state index in [-0.39, 0.29) is 0 Å². The molecule has 0 amide bonds. The van der Waals surface area contributed by atoms with E-state index in [4.69, 9.17) is 14.9 Å². The second-order valence-electron chi connectivity index (χ2n) is 3.55. The van der Waals surface area contributed by atoms with Gasteiger partial charge in [-0.25, -0.2) is 8.42 Å². The van der Waals surface area contributed by atoms with Crippen LogP contribution in [0.1, 0.15) is 12.8 Å². The summed E-state index contributed by atoms with van der Waals surface area (Å²) in [4.78, 5) is 10.6. The van der Waals surface area contributed by atoms with Crippen molar-refractivity contribution in [1.29, 1.82) is 0 Å². The van der Waals surface area contributed by atoms with Crippen molar-refractivity contribution < 1.29 is 28.2 Å². The number of hydrogen-bond donors (Lipinski definition) is 3. The van der Waals surface area contributed by atoms with Crippen LogP contribution in [0, 0.1) is 0 Å². The summed E-state index contributed by atoms with van der Waals surface area (Å²) in [7, 11) is -3.71. The molecule has 3 N–H and O–H groups in total. The highest BCUT2D eigenvalue weighted by Gasteiger charge is 2.31. The zero-order chi connectivity index (χ0) is 12.2. The molecule has 0 saturated carbocycles. The molecule has 1 saturated heterocycles. The third kappa shape index (κ3) is 3.41. The van der Waals surface area contributed by atoms with E-state index in [0.717, 1.165) is 0 Å². The third-order valence-electron chi connectivity index (χ3n) is 2.39. The van der Waals surface area contributed by atoms with Gasteiger partial charge in [0.1, 0.15) is 6.04 Å². The maximum atomic E-state index is 11.7. The molecule has 0 aromatic carbocycles. The smallest absolute Gasteiger partial charge is 0.324 e. The van der Waals surface area contributed by atoms with E-state index in [9.17, 15) is 13.2 Å². The first-order valence-corrected chi connectivity index (χ1v) is 6.44. The molecule has 8 heteroatoms. The fourth-order valence-corrected chi connectivity index (χ4v) is 3.02. The minimum absolute atomic E-state index is 0.340. The van der Waals surface area contributed by atoms with E-state index < -0.39 is 33.9 Å². The highest BCUT2D eigenvalue weighted by Crippen LogP contribution is 2.15. The first kappa shape index (κ1) is 13.4. The van der Waals surface area contributed by atoms with E-state index in [1.54, 1.807) is 0 Å². The van der Waals surface area contributed by atoms with Gasteiger partial charge in [0.15, 0.2) is 0 Å². The SMILES string of the molecule is O=C(O)[C@H](CO)NS(=O)(=O)C1CCOCC1. The Labute approximate surface area is 93.5 Å². The quantitative estimate of drug-likeness (QED) is 0.551. The van der Waals surface area contributed by atoms with E-state index in [1.807, 2.05) is 4.72 Å². The van der Waals surface area contributed by atoms with Gasteiger partial charge in [-0.3, -0.25) is 4.79 Å². The molecular weight excluding hydrogens is 238 g/mol. The molecule has 1 fully saturated rings. The van der Waals surface area contributed by atoms with Crippen LogP contribution in [0.25, 0.3) is 0 Å². The fraction of sp³-hybridized carbons (Fsp3) is 0.875. The summed E-state index contributed by atoms with van der Waals surface area (Å²) in [5.41, 5.74) is 0. The molecule has 1 aliphatic heterocycles. The summed E-state index contributed by atoms with van der Waals surface area (Å²) < 4.78 is 30.4. The average Bonchev–Trinajstić information content (AvgIpc) is 2.27. The molecule has 1 atom stereocenters. The van der Waals surface area contributed by atoms with Crippen LogP contribution in [0.5, 0.6) is 0 Å². The molecule has 1 aliphatic rings. The van der Waals surface area contributed by atoms with Crippen LogP contribution < -0.4 is 4.72 Å². The minimum atomic E-state index is -3.71. The Morgan fingerprint density at radius 1 is 1.44 bits per heavy atom. The largest absolute Gasteiger partial charge is 0.480 e. The zero-order valence-corrected chi connectivity index (χ0v) is 9.44. The van der Waals surface area contributed by atoms with Crippen molar-refractivity contribution in [2.24, 2.45) is 0 Å². The monoisotopic (exact) mass is 253 g/mol. The number of hydrogen-bond acceptors (Lipinski definition) is 5. The average molecular weight is 253 g/mol. The van der Waals surface area contributed by atoms with Crippen molar-refractivity contribution in [2.45, 2.75) is 24.1 Å². The lowest BCUT2D eigenvalue weighted by Crippen LogP contribution is -2.48. The van der Waals surface area contributed by atoms with Crippen molar-refractivity contribution in [3.63, 3.8) is 0 Å². The number of aliphatic carboxylic acids is 1. The van der Waals surface area contributed by atoms with Gasteiger partial charge in [-0.1, -0.05) is 0 Å². The van der Waals surface area contributed by atoms with Gasteiger partial charge in [-0.05, 0) is 12.8 Å². The van der Waals surface area contributed by atoms with Gasteiger partial charge in [0.25, 0.3) is 0 Å². The maximum Gasteiger partial charge on any atom is 0.324 e. The van der Waals surface area contributed by atoms with Crippen molar-refractivity contribution in [3.05, 3.63) is 0 Å². The van der Waals surface area contributed by atoms with E-state index in [2.05, 4.69) is 0 Å². The van der Waals surface area contributed by atoms with Crippen LogP contribution in [0.3, 0.4) is 0 Å². The van der Waals surface area contributed by atoms with Gasteiger partial charge in [0.2, 0.25) is 10.0 Å². The molecule has 94 valence electrons. The molecule has 7 nitrogen and oxygen atoms in total. The van der Waals surface area contributed by atoms with E-state index in [1.165, 1.54) is 0 Å². The number of nitrogens with one attached hydrogen (secondary N) is 1. The summed E-state index contributed by atoms with van der Waals surface area (Å²) in [5, 5.41) is 16.7. The molecule has 0 aromatic rings. The number of aliphatic hydroxyl groups excluding tert-OH is 1. The van der Waals surface area contributed by atoms with Crippen LogP contribution >= 0.6 is 0 Å². The van der Waals surface area contributed by atoms with Crippen LogP contribution in [-0.4, -0.2) is 55.7 Å². The molecule has 0 spiro atoms.